The Bertz CT molecular complexity index is 482. The van der Waals surface area contributed by atoms with E-state index in [1.807, 2.05) is 6.07 Å². The van der Waals surface area contributed by atoms with Gasteiger partial charge < -0.3 is 9.47 Å². The lowest BCUT2D eigenvalue weighted by atomic mass is 10.1. The van der Waals surface area contributed by atoms with E-state index in [9.17, 15) is 9.59 Å². The van der Waals surface area contributed by atoms with Crippen molar-refractivity contribution in [2.24, 2.45) is 10.9 Å². The molecule has 5 nitrogen and oxygen atoms in total. The van der Waals surface area contributed by atoms with Crippen molar-refractivity contribution in [2.75, 3.05) is 13.2 Å². The van der Waals surface area contributed by atoms with E-state index in [1.54, 1.807) is 45.0 Å². The fraction of sp³-hybridized carbons (Fsp3) is 0.400. The molecule has 0 spiro atoms. The molecule has 0 bridgehead atoms. The van der Waals surface area contributed by atoms with E-state index in [1.165, 1.54) is 0 Å². The second-order valence-electron chi connectivity index (χ2n) is 4.03. The maximum atomic E-state index is 11.9. The van der Waals surface area contributed by atoms with Crippen molar-refractivity contribution in [1.82, 2.24) is 0 Å². The zero-order chi connectivity index (χ0) is 15.0. The van der Waals surface area contributed by atoms with Gasteiger partial charge in [-0.2, -0.15) is 0 Å². The highest BCUT2D eigenvalue weighted by Crippen LogP contribution is 2.14. The van der Waals surface area contributed by atoms with Crippen LogP contribution in [0.2, 0.25) is 0 Å². The second-order valence-corrected chi connectivity index (χ2v) is 4.03. The molecular formula is C15H19NO4. The van der Waals surface area contributed by atoms with Crippen molar-refractivity contribution in [3.8, 4) is 0 Å². The topological polar surface area (TPSA) is 65.0 Å². The molecule has 20 heavy (non-hydrogen) atoms. The van der Waals surface area contributed by atoms with E-state index in [2.05, 4.69) is 4.99 Å². The Morgan fingerprint density at radius 3 is 2.25 bits per heavy atom. The minimum atomic E-state index is -0.769. The molecule has 0 aliphatic carbocycles. The van der Waals surface area contributed by atoms with Crippen LogP contribution in [0.15, 0.2) is 35.3 Å². The van der Waals surface area contributed by atoms with Gasteiger partial charge in [0.2, 0.25) is 0 Å². The number of rotatable bonds is 6. The van der Waals surface area contributed by atoms with Crippen molar-refractivity contribution < 1.29 is 19.1 Å². The molecule has 0 fully saturated rings. The van der Waals surface area contributed by atoms with Crippen LogP contribution in [-0.2, 0) is 19.1 Å². The number of carbonyl (C=O) groups excluding carboxylic acids is 2. The summed E-state index contributed by atoms with van der Waals surface area (Å²) in [5.41, 5.74) is 0.642. The van der Waals surface area contributed by atoms with Gasteiger partial charge in [-0.25, -0.2) is 9.79 Å². The zero-order valence-corrected chi connectivity index (χ0v) is 12.0. The Morgan fingerprint density at radius 2 is 1.70 bits per heavy atom. The third-order valence-electron chi connectivity index (χ3n) is 2.54. The van der Waals surface area contributed by atoms with E-state index in [4.69, 9.17) is 9.47 Å². The van der Waals surface area contributed by atoms with Crippen LogP contribution in [0.25, 0.3) is 0 Å². The molecule has 108 valence electrons. The second kappa shape index (κ2) is 8.09. The smallest absolute Gasteiger partial charge is 0.353 e. The van der Waals surface area contributed by atoms with Crippen molar-refractivity contribution in [3.05, 3.63) is 30.3 Å². The van der Waals surface area contributed by atoms with Crippen LogP contribution in [0.5, 0.6) is 0 Å². The lowest BCUT2D eigenvalue weighted by Crippen LogP contribution is -2.31. The predicted octanol–water partition coefficient (Wildman–Crippen LogP) is 2.52. The van der Waals surface area contributed by atoms with Gasteiger partial charge in [0.25, 0.3) is 0 Å². The van der Waals surface area contributed by atoms with Crippen LogP contribution in [0.4, 0.5) is 5.69 Å². The SMILES string of the molecule is CCOC(=O)C(=Nc1ccccc1)C(C)C(=O)OCC. The first-order valence-corrected chi connectivity index (χ1v) is 6.57. The molecule has 1 aromatic rings. The van der Waals surface area contributed by atoms with Crippen LogP contribution in [0.1, 0.15) is 20.8 Å². The molecule has 0 saturated carbocycles. The van der Waals surface area contributed by atoms with E-state index >= 15 is 0 Å². The molecule has 0 N–H and O–H groups in total. The summed E-state index contributed by atoms with van der Waals surface area (Å²) in [6.45, 7) is 5.47. The molecule has 5 heteroatoms. The number of hydrogen-bond donors (Lipinski definition) is 0. The van der Waals surface area contributed by atoms with Crippen molar-refractivity contribution in [3.63, 3.8) is 0 Å². The summed E-state index contributed by atoms with van der Waals surface area (Å²) in [5.74, 6) is -1.86. The summed E-state index contributed by atoms with van der Waals surface area (Å²) in [5, 5.41) is 0. The average molecular weight is 277 g/mol. The number of aliphatic imine (C=N–C) groups is 1. The summed E-state index contributed by atoms with van der Waals surface area (Å²) in [7, 11) is 0. The minimum absolute atomic E-state index is 0.0523. The Morgan fingerprint density at radius 1 is 1.10 bits per heavy atom. The maximum Gasteiger partial charge on any atom is 0.353 e. The van der Waals surface area contributed by atoms with E-state index in [0.717, 1.165) is 0 Å². The van der Waals surface area contributed by atoms with Crippen molar-refractivity contribution in [2.45, 2.75) is 20.8 Å². The average Bonchev–Trinajstić information content (AvgIpc) is 2.45. The van der Waals surface area contributed by atoms with Gasteiger partial charge in [0, 0.05) is 0 Å². The van der Waals surface area contributed by atoms with Gasteiger partial charge in [0.05, 0.1) is 18.9 Å². The zero-order valence-electron chi connectivity index (χ0n) is 12.0. The van der Waals surface area contributed by atoms with Crippen LogP contribution in [0, 0.1) is 5.92 Å². The van der Waals surface area contributed by atoms with Gasteiger partial charge in [-0.05, 0) is 32.9 Å². The number of nitrogens with zero attached hydrogens (tertiary/aromatic N) is 1. The first kappa shape index (κ1) is 15.9. The summed E-state index contributed by atoms with van der Waals surface area (Å²) in [6, 6.07) is 8.94. The highest BCUT2D eigenvalue weighted by molar-refractivity contribution is 6.41. The van der Waals surface area contributed by atoms with Crippen LogP contribution >= 0.6 is 0 Å². The number of hydrogen-bond acceptors (Lipinski definition) is 5. The first-order valence-electron chi connectivity index (χ1n) is 6.57. The van der Waals surface area contributed by atoms with Gasteiger partial charge >= 0.3 is 11.9 Å². The number of benzene rings is 1. The minimum Gasteiger partial charge on any atom is -0.465 e. The largest absolute Gasteiger partial charge is 0.465 e. The van der Waals surface area contributed by atoms with Gasteiger partial charge in [-0.1, -0.05) is 18.2 Å². The van der Waals surface area contributed by atoms with Crippen LogP contribution in [-0.4, -0.2) is 30.9 Å². The molecule has 1 rings (SSSR count). The predicted molar refractivity (Wildman–Crippen MR) is 76.0 cm³/mol. The highest BCUT2D eigenvalue weighted by atomic mass is 16.5. The van der Waals surface area contributed by atoms with E-state index in [0.29, 0.717) is 5.69 Å². The Hall–Kier alpha value is -2.17. The maximum absolute atomic E-state index is 11.9. The quantitative estimate of drug-likeness (QED) is 0.592. The summed E-state index contributed by atoms with van der Waals surface area (Å²) in [6.07, 6.45) is 0. The molecule has 0 aliphatic heterocycles. The number of esters is 2. The van der Waals surface area contributed by atoms with E-state index < -0.39 is 17.9 Å². The molecule has 0 radical (unpaired) electrons. The third kappa shape index (κ3) is 4.50. The Balaban J connectivity index is 3.05. The van der Waals surface area contributed by atoms with E-state index in [-0.39, 0.29) is 18.9 Å². The number of para-hydroxylation sites is 1. The van der Waals surface area contributed by atoms with Crippen LogP contribution < -0.4 is 0 Å². The highest BCUT2D eigenvalue weighted by Gasteiger charge is 2.27. The number of carbonyl (C=O) groups is 2. The van der Waals surface area contributed by atoms with Gasteiger partial charge in [-0.3, -0.25) is 4.79 Å². The molecule has 0 aromatic heterocycles. The summed E-state index contributed by atoms with van der Waals surface area (Å²) < 4.78 is 9.87. The van der Waals surface area contributed by atoms with Crippen molar-refractivity contribution in [1.29, 1.82) is 0 Å². The fourth-order valence-corrected chi connectivity index (χ4v) is 1.54. The Labute approximate surface area is 118 Å². The standard InChI is InChI=1S/C15H19NO4/c1-4-19-14(17)11(3)13(15(18)20-5-2)16-12-9-7-6-8-10-12/h6-11H,4-5H2,1-3H3. The molecule has 0 amide bonds. The lowest BCUT2D eigenvalue weighted by molar-refractivity contribution is -0.146. The molecule has 1 aromatic carbocycles. The molecular weight excluding hydrogens is 258 g/mol. The monoisotopic (exact) mass is 277 g/mol. The van der Waals surface area contributed by atoms with Crippen LogP contribution in [0.3, 0.4) is 0 Å². The van der Waals surface area contributed by atoms with Gasteiger partial charge in [0.15, 0.2) is 0 Å². The molecule has 0 heterocycles. The molecule has 0 aliphatic rings. The summed E-state index contributed by atoms with van der Waals surface area (Å²) >= 11 is 0. The van der Waals surface area contributed by atoms with Crippen molar-refractivity contribution >= 4 is 23.3 Å². The third-order valence-corrected chi connectivity index (χ3v) is 2.54. The first-order chi connectivity index (χ1) is 9.60. The molecule has 1 unspecified atom stereocenters. The Kier molecular flexibility index (Phi) is 6.43. The van der Waals surface area contributed by atoms with Gasteiger partial charge in [-0.15, -0.1) is 0 Å². The fourth-order valence-electron chi connectivity index (χ4n) is 1.54. The molecule has 0 saturated heterocycles. The molecule has 1 atom stereocenters. The lowest BCUT2D eigenvalue weighted by Gasteiger charge is -2.12. The normalized spacial score (nSPS) is 12.7. The summed E-state index contributed by atoms with van der Waals surface area (Å²) in [4.78, 5) is 27.9. The van der Waals surface area contributed by atoms with Gasteiger partial charge in [0.1, 0.15) is 11.6 Å². The number of ether oxygens (including phenoxy) is 2.